The minimum absolute atomic E-state index is 0.211. The van der Waals surface area contributed by atoms with E-state index >= 15 is 0 Å². The van der Waals surface area contributed by atoms with Gasteiger partial charge in [-0.05, 0) is 33.8 Å². The molecule has 0 amide bonds. The molecule has 0 radical (unpaired) electrons. The quantitative estimate of drug-likeness (QED) is 0.561. The summed E-state index contributed by atoms with van der Waals surface area (Å²) in [5.41, 5.74) is 1.07. The van der Waals surface area contributed by atoms with Crippen molar-refractivity contribution in [3.8, 4) is 0 Å². The molecule has 0 saturated carbocycles. The molecule has 0 aliphatic carbocycles. The fraction of sp³-hybridized carbons (Fsp3) is 0.636. The van der Waals surface area contributed by atoms with Crippen molar-refractivity contribution in [1.29, 1.82) is 0 Å². The number of carbonyl (C=O) groups is 1. The molecule has 0 aromatic rings. The molecule has 0 unspecified atom stereocenters. The summed E-state index contributed by atoms with van der Waals surface area (Å²) in [7, 11) is 0. The van der Waals surface area contributed by atoms with Gasteiger partial charge >= 0.3 is 5.97 Å². The van der Waals surface area contributed by atoms with E-state index in [9.17, 15) is 4.79 Å². The van der Waals surface area contributed by atoms with E-state index in [4.69, 9.17) is 5.11 Å². The Labute approximate surface area is 86.6 Å². The lowest BCUT2D eigenvalue weighted by molar-refractivity contribution is -0.132. The Hall–Kier alpha value is -1.12. The Balaban J connectivity index is 0. The molecule has 3 heteroatoms. The smallest absolute Gasteiger partial charge is 0.331 e. The molecule has 3 nitrogen and oxygen atoms in total. The number of carboxylic acids is 1. The van der Waals surface area contributed by atoms with Gasteiger partial charge in [-0.1, -0.05) is 13.8 Å². The van der Waals surface area contributed by atoms with E-state index in [1.165, 1.54) is 0 Å². The van der Waals surface area contributed by atoms with Gasteiger partial charge in [0.25, 0.3) is 0 Å². The second-order valence-electron chi connectivity index (χ2n) is 3.00. The fourth-order valence-corrected chi connectivity index (χ4v) is 0.820. The van der Waals surface area contributed by atoms with Crippen molar-refractivity contribution in [2.45, 2.75) is 47.6 Å². The summed E-state index contributed by atoms with van der Waals surface area (Å²) >= 11 is 0. The summed E-state index contributed by atoms with van der Waals surface area (Å²) in [5, 5.41) is 8.54. The lowest BCUT2D eigenvalue weighted by atomic mass is 10.2. The van der Waals surface area contributed by atoms with Crippen LogP contribution in [-0.4, -0.2) is 22.8 Å². The summed E-state index contributed by atoms with van der Waals surface area (Å²) in [4.78, 5) is 14.6. The van der Waals surface area contributed by atoms with Crippen molar-refractivity contribution >= 4 is 11.7 Å². The van der Waals surface area contributed by atoms with Crippen LogP contribution in [0.15, 0.2) is 16.6 Å². The fourth-order valence-electron chi connectivity index (χ4n) is 0.820. The molecule has 1 N–H and O–H groups in total. The Morgan fingerprint density at radius 2 is 1.71 bits per heavy atom. The van der Waals surface area contributed by atoms with Crippen molar-refractivity contribution in [3.05, 3.63) is 11.6 Å². The van der Waals surface area contributed by atoms with E-state index in [2.05, 4.69) is 4.99 Å². The zero-order valence-electron chi connectivity index (χ0n) is 9.96. The molecule has 14 heavy (non-hydrogen) atoms. The maximum atomic E-state index is 10.4. The van der Waals surface area contributed by atoms with Gasteiger partial charge in [0, 0.05) is 17.3 Å². The van der Waals surface area contributed by atoms with Crippen LogP contribution in [0.4, 0.5) is 0 Å². The van der Waals surface area contributed by atoms with Gasteiger partial charge < -0.3 is 5.11 Å². The van der Waals surface area contributed by atoms with Gasteiger partial charge in [-0.3, -0.25) is 4.99 Å². The third-order valence-corrected chi connectivity index (χ3v) is 1.22. The van der Waals surface area contributed by atoms with Crippen molar-refractivity contribution in [2.75, 3.05) is 0 Å². The first-order valence-corrected chi connectivity index (χ1v) is 4.89. The minimum atomic E-state index is -0.895. The molecule has 0 spiro atoms. The summed E-state index contributed by atoms with van der Waals surface area (Å²) in [6.45, 7) is 11.3. The number of allylic oxidation sites excluding steroid dienone is 1. The highest BCUT2D eigenvalue weighted by Crippen LogP contribution is 1.96. The van der Waals surface area contributed by atoms with E-state index in [1.807, 2.05) is 27.7 Å². The maximum absolute atomic E-state index is 10.4. The van der Waals surface area contributed by atoms with Crippen LogP contribution < -0.4 is 0 Å². The lowest BCUT2D eigenvalue weighted by Crippen LogP contribution is -2.01. The average Bonchev–Trinajstić information content (AvgIpc) is 2.05. The number of hydrogen-bond acceptors (Lipinski definition) is 2. The molecular weight excluding hydrogens is 178 g/mol. The summed E-state index contributed by atoms with van der Waals surface area (Å²) in [5.74, 6) is -0.895. The SMILES string of the molecule is CC.CC(/C=C(\C)C(=O)O)=NC(C)C. The molecule has 0 aromatic carbocycles. The predicted octanol–water partition coefficient (Wildman–Crippen LogP) is 2.91. The molecule has 82 valence electrons. The summed E-state index contributed by atoms with van der Waals surface area (Å²) < 4.78 is 0. The zero-order valence-corrected chi connectivity index (χ0v) is 9.96. The third kappa shape index (κ3) is 8.97. The molecule has 0 aliphatic rings. The molecule has 0 heterocycles. The first kappa shape index (κ1) is 15.4. The van der Waals surface area contributed by atoms with Gasteiger partial charge in [0.05, 0.1) is 0 Å². The molecule has 0 bridgehead atoms. The zero-order chi connectivity index (χ0) is 11.7. The van der Waals surface area contributed by atoms with Crippen LogP contribution in [0.25, 0.3) is 0 Å². The molecule has 0 saturated heterocycles. The number of carboxylic acid groups (broad SMARTS) is 1. The van der Waals surface area contributed by atoms with Crippen molar-refractivity contribution < 1.29 is 9.90 Å². The highest BCUT2D eigenvalue weighted by molar-refractivity contribution is 6.00. The minimum Gasteiger partial charge on any atom is -0.478 e. The van der Waals surface area contributed by atoms with Crippen LogP contribution in [0.3, 0.4) is 0 Å². The van der Waals surface area contributed by atoms with E-state index < -0.39 is 5.97 Å². The van der Waals surface area contributed by atoms with Gasteiger partial charge in [-0.15, -0.1) is 0 Å². The predicted molar refractivity (Wildman–Crippen MR) is 61.0 cm³/mol. The van der Waals surface area contributed by atoms with Crippen LogP contribution in [-0.2, 0) is 4.79 Å². The summed E-state index contributed by atoms with van der Waals surface area (Å²) in [6, 6.07) is 0.211. The van der Waals surface area contributed by atoms with E-state index in [0.29, 0.717) is 5.57 Å². The second kappa shape index (κ2) is 8.48. The number of aliphatic imine (C=N–C) groups is 1. The van der Waals surface area contributed by atoms with Gasteiger partial charge in [0.2, 0.25) is 0 Å². The van der Waals surface area contributed by atoms with Crippen LogP contribution in [0.1, 0.15) is 41.5 Å². The Morgan fingerprint density at radius 1 is 1.29 bits per heavy atom. The van der Waals surface area contributed by atoms with E-state index in [-0.39, 0.29) is 6.04 Å². The summed E-state index contributed by atoms with van der Waals surface area (Å²) in [6.07, 6.45) is 1.57. The molecule has 0 rings (SSSR count). The highest BCUT2D eigenvalue weighted by Gasteiger charge is 1.99. The lowest BCUT2D eigenvalue weighted by Gasteiger charge is -1.98. The largest absolute Gasteiger partial charge is 0.478 e. The number of aliphatic carboxylic acids is 1. The first-order chi connectivity index (χ1) is 6.43. The van der Waals surface area contributed by atoms with Gasteiger partial charge in [-0.2, -0.15) is 0 Å². The molecular formula is C11H21NO2. The van der Waals surface area contributed by atoms with Gasteiger partial charge in [-0.25, -0.2) is 4.79 Å². The second-order valence-corrected chi connectivity index (χ2v) is 3.00. The van der Waals surface area contributed by atoms with Crippen LogP contribution in [0, 0.1) is 0 Å². The Bertz CT molecular complexity index is 227. The highest BCUT2D eigenvalue weighted by atomic mass is 16.4. The van der Waals surface area contributed by atoms with Crippen molar-refractivity contribution in [1.82, 2.24) is 0 Å². The van der Waals surface area contributed by atoms with Crippen molar-refractivity contribution in [2.24, 2.45) is 4.99 Å². The molecule has 0 aromatic heterocycles. The van der Waals surface area contributed by atoms with Gasteiger partial charge in [0.15, 0.2) is 0 Å². The molecule has 0 aliphatic heterocycles. The number of nitrogens with zero attached hydrogens (tertiary/aromatic N) is 1. The first-order valence-electron chi connectivity index (χ1n) is 4.89. The Kier molecular flexibility index (Phi) is 9.30. The normalized spacial score (nSPS) is 12.2. The molecule has 0 fully saturated rings. The van der Waals surface area contributed by atoms with Gasteiger partial charge in [0.1, 0.15) is 0 Å². The monoisotopic (exact) mass is 199 g/mol. The van der Waals surface area contributed by atoms with Crippen LogP contribution >= 0.6 is 0 Å². The number of hydrogen-bond donors (Lipinski definition) is 1. The van der Waals surface area contributed by atoms with Crippen LogP contribution in [0.2, 0.25) is 0 Å². The topological polar surface area (TPSA) is 49.7 Å². The average molecular weight is 199 g/mol. The molecule has 0 atom stereocenters. The van der Waals surface area contributed by atoms with E-state index in [0.717, 1.165) is 5.71 Å². The van der Waals surface area contributed by atoms with Crippen molar-refractivity contribution in [3.63, 3.8) is 0 Å². The number of rotatable bonds is 3. The van der Waals surface area contributed by atoms with Crippen LogP contribution in [0.5, 0.6) is 0 Å². The standard InChI is InChI=1S/C9H15NO2.C2H6/c1-6(2)10-8(4)5-7(3)9(11)12;1-2/h5-6H,1-4H3,(H,11,12);1-2H3/b7-5+,10-8?;. The van der Waals surface area contributed by atoms with E-state index in [1.54, 1.807) is 19.9 Å². The Morgan fingerprint density at radius 3 is 2.00 bits per heavy atom. The maximum Gasteiger partial charge on any atom is 0.331 e. The third-order valence-electron chi connectivity index (χ3n) is 1.22.